The lowest BCUT2D eigenvalue weighted by Crippen LogP contribution is -2.01. The molecule has 0 bridgehead atoms. The van der Waals surface area contributed by atoms with Crippen molar-refractivity contribution >= 4 is 40.2 Å². The smallest absolute Gasteiger partial charge is 0.340 e. The Morgan fingerprint density at radius 3 is 2.90 bits per heavy atom. The number of carboxylic acids is 1. The van der Waals surface area contributed by atoms with Gasteiger partial charge in [0.2, 0.25) is 5.71 Å². The number of aromatic carboxylic acids is 1. The van der Waals surface area contributed by atoms with Crippen LogP contribution in [-0.2, 0) is 0 Å². The summed E-state index contributed by atoms with van der Waals surface area (Å²) in [5, 5.41) is 13.3. The highest BCUT2D eigenvalue weighted by molar-refractivity contribution is 6.30. The Morgan fingerprint density at radius 2 is 2.19 bits per heavy atom. The van der Waals surface area contributed by atoms with E-state index in [4.69, 9.17) is 16.0 Å². The summed E-state index contributed by atoms with van der Waals surface area (Å²) in [5.41, 5.74) is 0.970. The summed E-state index contributed by atoms with van der Waals surface area (Å²) in [6.45, 7) is 1.58. The second-order valence-electron chi connectivity index (χ2n) is 4.38. The zero-order chi connectivity index (χ0) is 15.0. The summed E-state index contributed by atoms with van der Waals surface area (Å²) in [4.78, 5) is 19.4. The first-order valence-corrected chi connectivity index (χ1v) is 6.44. The van der Waals surface area contributed by atoms with Gasteiger partial charge in [0.25, 0.3) is 0 Å². The number of benzene rings is 1. The van der Waals surface area contributed by atoms with Crippen LogP contribution in [0.15, 0.2) is 35.0 Å². The summed E-state index contributed by atoms with van der Waals surface area (Å²) in [5.74, 6) is -0.446. The zero-order valence-electron chi connectivity index (χ0n) is 10.9. The van der Waals surface area contributed by atoms with Crippen LogP contribution in [-0.4, -0.2) is 21.0 Å². The van der Waals surface area contributed by atoms with Gasteiger partial charge < -0.3 is 14.8 Å². The third kappa shape index (κ3) is 2.41. The Balaban J connectivity index is 2.16. The molecule has 6 nitrogen and oxygen atoms in total. The maximum absolute atomic E-state index is 11.4. The van der Waals surface area contributed by atoms with Crippen LogP contribution in [0, 0.1) is 6.92 Å². The number of halogens is 1. The fourth-order valence-corrected chi connectivity index (χ4v) is 2.29. The van der Waals surface area contributed by atoms with Gasteiger partial charge in [-0.15, -0.1) is 0 Å². The summed E-state index contributed by atoms with van der Waals surface area (Å²) in [6.07, 6.45) is 1.31. The molecule has 2 N–H and O–H groups in total. The van der Waals surface area contributed by atoms with Crippen molar-refractivity contribution in [2.45, 2.75) is 6.92 Å². The predicted molar refractivity (Wildman–Crippen MR) is 78.2 cm³/mol. The molecule has 0 atom stereocenters. The number of hydrogen-bond donors (Lipinski definition) is 2. The molecule has 2 heterocycles. The molecule has 3 rings (SSSR count). The largest absolute Gasteiger partial charge is 0.478 e. The van der Waals surface area contributed by atoms with E-state index in [0.717, 1.165) is 0 Å². The normalized spacial score (nSPS) is 10.8. The standard InChI is InChI=1S/C14H10ClN3O3/c1-7-10(14(19)20)11-12(16-6-17-13(11)21-7)18-9-4-2-3-8(15)5-9/h2-6H,1H3,(H,19,20)(H,16,17,18). The van der Waals surface area contributed by atoms with Gasteiger partial charge in [-0.1, -0.05) is 17.7 Å². The predicted octanol–water partition coefficient (Wildman–Crippen LogP) is 3.63. The Labute approximate surface area is 124 Å². The molecule has 0 amide bonds. The molecular formula is C14H10ClN3O3. The average molecular weight is 304 g/mol. The first kappa shape index (κ1) is 13.4. The van der Waals surface area contributed by atoms with Gasteiger partial charge in [0.15, 0.2) is 0 Å². The summed E-state index contributed by atoms with van der Waals surface area (Å²) in [7, 11) is 0. The molecule has 0 spiro atoms. The van der Waals surface area contributed by atoms with Crippen LogP contribution in [0.5, 0.6) is 0 Å². The molecule has 21 heavy (non-hydrogen) atoms. The van der Waals surface area contributed by atoms with E-state index >= 15 is 0 Å². The van der Waals surface area contributed by atoms with E-state index in [-0.39, 0.29) is 17.0 Å². The lowest BCUT2D eigenvalue weighted by atomic mass is 10.2. The van der Waals surface area contributed by atoms with Gasteiger partial charge >= 0.3 is 5.97 Å². The summed E-state index contributed by atoms with van der Waals surface area (Å²) < 4.78 is 5.36. The van der Waals surface area contributed by atoms with E-state index in [0.29, 0.717) is 21.9 Å². The highest BCUT2D eigenvalue weighted by Crippen LogP contribution is 2.31. The number of furan rings is 1. The molecule has 3 aromatic rings. The van der Waals surface area contributed by atoms with Crippen LogP contribution in [0.1, 0.15) is 16.1 Å². The molecule has 0 saturated heterocycles. The second kappa shape index (κ2) is 5.06. The van der Waals surface area contributed by atoms with Gasteiger partial charge in [-0.05, 0) is 25.1 Å². The Kier molecular flexibility index (Phi) is 3.23. The van der Waals surface area contributed by atoms with E-state index in [9.17, 15) is 9.90 Å². The van der Waals surface area contributed by atoms with E-state index in [2.05, 4.69) is 15.3 Å². The second-order valence-corrected chi connectivity index (χ2v) is 4.81. The fraction of sp³-hybridized carbons (Fsp3) is 0.0714. The molecule has 106 valence electrons. The van der Waals surface area contributed by atoms with Crippen LogP contribution in [0.2, 0.25) is 5.02 Å². The van der Waals surface area contributed by atoms with Gasteiger partial charge in [-0.25, -0.2) is 14.8 Å². The zero-order valence-corrected chi connectivity index (χ0v) is 11.7. The number of rotatable bonds is 3. The topological polar surface area (TPSA) is 88.3 Å². The maximum Gasteiger partial charge on any atom is 0.340 e. The van der Waals surface area contributed by atoms with Crippen LogP contribution >= 0.6 is 11.6 Å². The molecule has 0 fully saturated rings. The number of hydrogen-bond acceptors (Lipinski definition) is 5. The molecule has 0 unspecified atom stereocenters. The van der Waals surface area contributed by atoms with Crippen molar-refractivity contribution in [3.8, 4) is 0 Å². The third-order valence-electron chi connectivity index (χ3n) is 2.97. The lowest BCUT2D eigenvalue weighted by molar-refractivity contribution is 0.0697. The van der Waals surface area contributed by atoms with Crippen molar-refractivity contribution in [1.82, 2.24) is 9.97 Å². The number of nitrogens with zero attached hydrogens (tertiary/aromatic N) is 2. The molecule has 1 aromatic carbocycles. The van der Waals surface area contributed by atoms with Crippen LogP contribution in [0.25, 0.3) is 11.1 Å². The highest BCUT2D eigenvalue weighted by atomic mass is 35.5. The van der Waals surface area contributed by atoms with Crippen molar-refractivity contribution in [2.75, 3.05) is 5.32 Å². The first-order valence-electron chi connectivity index (χ1n) is 6.06. The van der Waals surface area contributed by atoms with Crippen molar-refractivity contribution in [3.63, 3.8) is 0 Å². The van der Waals surface area contributed by atoms with Crippen molar-refractivity contribution in [2.24, 2.45) is 0 Å². The average Bonchev–Trinajstić information content (AvgIpc) is 2.76. The number of anilines is 2. The van der Waals surface area contributed by atoms with Crippen molar-refractivity contribution < 1.29 is 14.3 Å². The van der Waals surface area contributed by atoms with Gasteiger partial charge in [0.05, 0.1) is 5.39 Å². The van der Waals surface area contributed by atoms with Crippen molar-refractivity contribution in [3.05, 3.63) is 46.9 Å². The Hall–Kier alpha value is -2.60. The van der Waals surface area contributed by atoms with Crippen LogP contribution < -0.4 is 5.32 Å². The number of carbonyl (C=O) groups is 1. The Bertz CT molecular complexity index is 845. The summed E-state index contributed by atoms with van der Waals surface area (Å²) in [6, 6.07) is 7.03. The molecule has 7 heteroatoms. The first-order chi connectivity index (χ1) is 10.1. The number of nitrogens with one attached hydrogen (secondary N) is 1. The molecule has 0 saturated carbocycles. The molecule has 0 aliphatic rings. The SMILES string of the molecule is Cc1oc2ncnc(Nc3cccc(Cl)c3)c2c1C(=O)O. The maximum atomic E-state index is 11.4. The monoisotopic (exact) mass is 303 g/mol. The fourth-order valence-electron chi connectivity index (χ4n) is 2.10. The molecular weight excluding hydrogens is 294 g/mol. The van der Waals surface area contributed by atoms with E-state index in [1.807, 2.05) is 0 Å². The molecule has 0 radical (unpaired) electrons. The number of fused-ring (bicyclic) bond motifs is 1. The quantitative estimate of drug-likeness (QED) is 0.768. The molecule has 2 aromatic heterocycles. The minimum Gasteiger partial charge on any atom is -0.478 e. The van der Waals surface area contributed by atoms with Crippen LogP contribution in [0.4, 0.5) is 11.5 Å². The van der Waals surface area contributed by atoms with Gasteiger partial charge in [-0.3, -0.25) is 0 Å². The number of aryl methyl sites for hydroxylation is 1. The van der Waals surface area contributed by atoms with Gasteiger partial charge in [0.1, 0.15) is 23.5 Å². The van der Waals surface area contributed by atoms with Crippen molar-refractivity contribution in [1.29, 1.82) is 0 Å². The van der Waals surface area contributed by atoms with E-state index in [1.165, 1.54) is 6.33 Å². The number of aromatic nitrogens is 2. The van der Waals surface area contributed by atoms with Crippen LogP contribution in [0.3, 0.4) is 0 Å². The molecule has 0 aliphatic heterocycles. The lowest BCUT2D eigenvalue weighted by Gasteiger charge is -2.06. The van der Waals surface area contributed by atoms with Gasteiger partial charge in [0, 0.05) is 10.7 Å². The Morgan fingerprint density at radius 1 is 1.38 bits per heavy atom. The van der Waals surface area contributed by atoms with Gasteiger partial charge in [-0.2, -0.15) is 0 Å². The minimum absolute atomic E-state index is 0.0510. The minimum atomic E-state index is -1.09. The highest BCUT2D eigenvalue weighted by Gasteiger charge is 2.22. The third-order valence-corrected chi connectivity index (χ3v) is 3.20. The number of carboxylic acid groups (broad SMARTS) is 1. The molecule has 0 aliphatic carbocycles. The van der Waals surface area contributed by atoms with E-state index in [1.54, 1.807) is 31.2 Å². The van der Waals surface area contributed by atoms with E-state index < -0.39 is 5.97 Å². The summed E-state index contributed by atoms with van der Waals surface area (Å²) >= 11 is 5.93.